The van der Waals surface area contributed by atoms with E-state index in [9.17, 15) is 14.7 Å². The molecule has 2 aromatic heterocycles. The Labute approximate surface area is 130 Å². The topological polar surface area (TPSA) is 123 Å². The smallest absolute Gasteiger partial charge is 0.326 e. The summed E-state index contributed by atoms with van der Waals surface area (Å²) in [5.41, 5.74) is 2.17. The lowest BCUT2D eigenvalue weighted by Gasteiger charge is -2.14. The molecule has 0 aliphatic heterocycles. The van der Waals surface area contributed by atoms with E-state index in [0.29, 0.717) is 11.4 Å². The molecule has 3 aromatic rings. The van der Waals surface area contributed by atoms with Crippen molar-refractivity contribution >= 4 is 28.6 Å². The van der Waals surface area contributed by atoms with E-state index in [1.165, 1.54) is 12.5 Å². The minimum atomic E-state index is -1.11. The van der Waals surface area contributed by atoms with E-state index in [4.69, 9.17) is 0 Å². The van der Waals surface area contributed by atoms with E-state index in [-0.39, 0.29) is 6.42 Å². The molecule has 118 valence electrons. The number of carbonyl (C=O) groups is 2. The first kappa shape index (κ1) is 14.6. The fourth-order valence-electron chi connectivity index (χ4n) is 2.27. The third kappa shape index (κ3) is 3.49. The second kappa shape index (κ2) is 6.22. The number of urea groups is 1. The lowest BCUT2D eigenvalue weighted by Crippen LogP contribution is -2.44. The average Bonchev–Trinajstić information content (AvgIpc) is 3.16. The van der Waals surface area contributed by atoms with Gasteiger partial charge in [0.2, 0.25) is 0 Å². The van der Waals surface area contributed by atoms with Crippen molar-refractivity contribution in [1.29, 1.82) is 0 Å². The van der Waals surface area contributed by atoms with Crippen molar-refractivity contribution in [3.63, 3.8) is 0 Å². The number of hydrogen-bond acceptors (Lipinski definition) is 3. The highest BCUT2D eigenvalue weighted by Gasteiger charge is 2.21. The summed E-state index contributed by atoms with van der Waals surface area (Å²) < 4.78 is 0. The molecule has 8 heteroatoms. The number of nitrogens with one attached hydrogen (secondary N) is 4. The number of imidazole rings is 1. The van der Waals surface area contributed by atoms with Crippen molar-refractivity contribution < 1.29 is 14.7 Å². The summed E-state index contributed by atoms with van der Waals surface area (Å²) in [7, 11) is 0. The van der Waals surface area contributed by atoms with Crippen molar-refractivity contribution in [3.8, 4) is 0 Å². The first-order valence-corrected chi connectivity index (χ1v) is 6.96. The van der Waals surface area contributed by atoms with Crippen molar-refractivity contribution in [2.24, 2.45) is 0 Å². The van der Waals surface area contributed by atoms with Crippen LogP contribution in [0.3, 0.4) is 0 Å². The number of anilines is 1. The van der Waals surface area contributed by atoms with Gasteiger partial charge in [0, 0.05) is 41.1 Å². The fraction of sp³-hybridized carbons (Fsp3) is 0.133. The van der Waals surface area contributed by atoms with Gasteiger partial charge in [-0.1, -0.05) is 0 Å². The molecular formula is C15H15N5O3. The molecule has 23 heavy (non-hydrogen) atoms. The lowest BCUT2D eigenvalue weighted by molar-refractivity contribution is -0.139. The minimum absolute atomic E-state index is 0.125. The molecule has 0 fully saturated rings. The van der Waals surface area contributed by atoms with Crippen LogP contribution in [0.25, 0.3) is 10.9 Å². The first-order chi connectivity index (χ1) is 11.1. The number of fused-ring (bicyclic) bond motifs is 1. The molecule has 0 saturated heterocycles. The Balaban J connectivity index is 1.65. The maximum Gasteiger partial charge on any atom is 0.326 e. The Kier molecular flexibility index (Phi) is 3.96. The minimum Gasteiger partial charge on any atom is -0.480 e. The predicted molar refractivity (Wildman–Crippen MR) is 84.2 cm³/mol. The Morgan fingerprint density at radius 3 is 2.87 bits per heavy atom. The summed E-state index contributed by atoms with van der Waals surface area (Å²) in [6, 6.07) is 5.64. The number of hydrogen-bond donors (Lipinski definition) is 5. The van der Waals surface area contributed by atoms with E-state index in [1.54, 1.807) is 18.3 Å². The molecule has 1 aromatic carbocycles. The molecule has 0 aliphatic carbocycles. The number of amides is 2. The first-order valence-electron chi connectivity index (χ1n) is 6.96. The van der Waals surface area contributed by atoms with E-state index in [1.807, 2.05) is 12.1 Å². The normalized spacial score (nSPS) is 12.0. The summed E-state index contributed by atoms with van der Waals surface area (Å²) in [4.78, 5) is 33.0. The maximum atomic E-state index is 12.0. The van der Waals surface area contributed by atoms with Crippen molar-refractivity contribution in [2.45, 2.75) is 12.5 Å². The van der Waals surface area contributed by atoms with Crippen molar-refractivity contribution in [1.82, 2.24) is 20.3 Å². The third-order valence-electron chi connectivity index (χ3n) is 3.39. The van der Waals surface area contributed by atoms with Gasteiger partial charge < -0.3 is 25.7 Å². The van der Waals surface area contributed by atoms with Crippen LogP contribution in [0.5, 0.6) is 0 Å². The summed E-state index contributed by atoms with van der Waals surface area (Å²) in [5, 5.41) is 15.2. The summed E-state index contributed by atoms with van der Waals surface area (Å²) in [5.74, 6) is -1.11. The monoisotopic (exact) mass is 313 g/mol. The molecule has 0 unspecified atom stereocenters. The van der Waals surface area contributed by atoms with E-state index < -0.39 is 18.0 Å². The molecule has 0 spiro atoms. The van der Waals surface area contributed by atoms with E-state index in [0.717, 1.165) is 10.9 Å². The molecule has 5 N–H and O–H groups in total. The highest BCUT2D eigenvalue weighted by molar-refractivity contribution is 5.94. The fourth-order valence-corrected chi connectivity index (χ4v) is 2.27. The van der Waals surface area contributed by atoms with Crippen LogP contribution in [-0.2, 0) is 11.2 Å². The number of benzene rings is 1. The SMILES string of the molecule is O=C(Nc1ccc2[nH]ccc2c1)N[C@@H](Cc1cnc[nH]1)C(=O)O. The van der Waals surface area contributed by atoms with Gasteiger partial charge in [-0.2, -0.15) is 0 Å². The largest absolute Gasteiger partial charge is 0.480 e. The van der Waals surface area contributed by atoms with Gasteiger partial charge in [-0.25, -0.2) is 14.6 Å². The van der Waals surface area contributed by atoms with Gasteiger partial charge in [0.05, 0.1) is 6.33 Å². The molecule has 8 nitrogen and oxygen atoms in total. The van der Waals surface area contributed by atoms with Crippen LogP contribution in [0.4, 0.5) is 10.5 Å². The zero-order valence-electron chi connectivity index (χ0n) is 12.0. The summed E-state index contributed by atoms with van der Waals surface area (Å²) in [6.07, 6.45) is 4.91. The maximum absolute atomic E-state index is 12.0. The van der Waals surface area contributed by atoms with Crippen LogP contribution in [0.15, 0.2) is 43.0 Å². The highest BCUT2D eigenvalue weighted by Crippen LogP contribution is 2.17. The molecule has 2 amide bonds. The number of aromatic amines is 2. The molecule has 0 saturated carbocycles. The van der Waals surface area contributed by atoms with E-state index in [2.05, 4.69) is 25.6 Å². The van der Waals surface area contributed by atoms with Crippen LogP contribution < -0.4 is 10.6 Å². The number of aliphatic carboxylic acids is 1. The van der Waals surface area contributed by atoms with Crippen molar-refractivity contribution in [3.05, 3.63) is 48.7 Å². The van der Waals surface area contributed by atoms with Gasteiger partial charge in [0.25, 0.3) is 0 Å². The lowest BCUT2D eigenvalue weighted by atomic mass is 10.1. The number of rotatable bonds is 5. The molecule has 0 radical (unpaired) electrons. The molecule has 0 bridgehead atoms. The van der Waals surface area contributed by atoms with Gasteiger partial charge in [0.1, 0.15) is 6.04 Å². The zero-order valence-corrected chi connectivity index (χ0v) is 12.0. The van der Waals surface area contributed by atoms with Gasteiger partial charge in [-0.05, 0) is 24.3 Å². The zero-order chi connectivity index (χ0) is 16.2. The standard InChI is InChI=1S/C15H15N5O3/c21-14(22)13(6-11-7-16-8-18-11)20-15(23)19-10-1-2-12-9(5-10)3-4-17-12/h1-5,7-8,13,17H,6H2,(H,16,18)(H,21,22)(H2,19,20,23)/t13-/m0/s1. The summed E-state index contributed by atoms with van der Waals surface area (Å²) >= 11 is 0. The highest BCUT2D eigenvalue weighted by atomic mass is 16.4. The van der Waals surface area contributed by atoms with Crippen molar-refractivity contribution in [2.75, 3.05) is 5.32 Å². The number of carbonyl (C=O) groups excluding carboxylic acids is 1. The third-order valence-corrected chi connectivity index (χ3v) is 3.39. The Bertz CT molecular complexity index is 825. The number of H-pyrrole nitrogens is 2. The summed E-state index contributed by atoms with van der Waals surface area (Å²) in [6.45, 7) is 0. The van der Waals surface area contributed by atoms with Crippen LogP contribution in [0.2, 0.25) is 0 Å². The predicted octanol–water partition coefficient (Wildman–Crippen LogP) is 1.71. The van der Waals surface area contributed by atoms with Gasteiger partial charge >= 0.3 is 12.0 Å². The van der Waals surface area contributed by atoms with Gasteiger partial charge in [0.15, 0.2) is 0 Å². The quantitative estimate of drug-likeness (QED) is 0.492. The van der Waals surface area contributed by atoms with Crippen LogP contribution in [-0.4, -0.2) is 38.1 Å². The number of nitrogens with zero attached hydrogens (tertiary/aromatic N) is 1. The average molecular weight is 313 g/mol. The van der Waals surface area contributed by atoms with Crippen LogP contribution in [0, 0.1) is 0 Å². The molecule has 1 atom stereocenters. The van der Waals surface area contributed by atoms with Crippen LogP contribution >= 0.6 is 0 Å². The second-order valence-electron chi connectivity index (χ2n) is 5.05. The number of aromatic nitrogens is 3. The van der Waals surface area contributed by atoms with E-state index >= 15 is 0 Å². The molecule has 2 heterocycles. The Morgan fingerprint density at radius 2 is 2.13 bits per heavy atom. The second-order valence-corrected chi connectivity index (χ2v) is 5.05. The Morgan fingerprint density at radius 1 is 1.26 bits per heavy atom. The molecule has 3 rings (SSSR count). The number of carboxylic acids is 1. The van der Waals surface area contributed by atoms with Crippen LogP contribution in [0.1, 0.15) is 5.69 Å². The van der Waals surface area contributed by atoms with Gasteiger partial charge in [-0.3, -0.25) is 0 Å². The molecule has 0 aliphatic rings. The Hall–Kier alpha value is -3.29. The van der Waals surface area contributed by atoms with Gasteiger partial charge in [-0.15, -0.1) is 0 Å². The molecular weight excluding hydrogens is 298 g/mol. The number of carboxylic acid groups (broad SMARTS) is 1.